The van der Waals surface area contributed by atoms with Crippen LogP contribution in [-0.2, 0) is 22.6 Å². The van der Waals surface area contributed by atoms with Crippen molar-refractivity contribution in [2.75, 3.05) is 14.2 Å². The van der Waals surface area contributed by atoms with E-state index in [1.165, 1.54) is 21.1 Å². The molecule has 0 bridgehead atoms. The second-order valence-corrected chi connectivity index (χ2v) is 5.81. The smallest absolute Gasteiger partial charge is 0.310 e. The number of ketones is 1. The van der Waals surface area contributed by atoms with Crippen LogP contribution in [0.1, 0.15) is 28.4 Å². The Morgan fingerprint density at radius 3 is 2.24 bits per heavy atom. The molecule has 2 aromatic rings. The molecule has 0 radical (unpaired) electrons. The Morgan fingerprint density at radius 2 is 1.60 bits per heavy atom. The van der Waals surface area contributed by atoms with Crippen LogP contribution < -0.4 is 9.47 Å². The first-order chi connectivity index (χ1) is 11.9. The lowest BCUT2D eigenvalue weighted by atomic mass is 10.1. The topological polar surface area (TPSA) is 61.8 Å². The minimum absolute atomic E-state index is 0.00596. The third-order valence-electron chi connectivity index (χ3n) is 3.65. The Kier molecular flexibility index (Phi) is 6.42. The normalized spacial score (nSPS) is 10.2. The van der Waals surface area contributed by atoms with E-state index < -0.39 is 5.97 Å². The highest BCUT2D eigenvalue weighted by Gasteiger charge is 2.13. The number of carbonyl (C=O) groups excluding carboxylic acids is 2. The zero-order valence-corrected chi connectivity index (χ0v) is 15.1. The number of hydrogen-bond donors (Lipinski definition) is 0. The number of benzene rings is 2. The van der Waals surface area contributed by atoms with Crippen molar-refractivity contribution in [2.45, 2.75) is 20.0 Å². The molecule has 5 nitrogen and oxygen atoms in total. The van der Waals surface area contributed by atoms with Crippen LogP contribution in [-0.4, -0.2) is 26.0 Å². The molecule has 0 aliphatic heterocycles. The van der Waals surface area contributed by atoms with E-state index >= 15 is 0 Å². The molecular weight excluding hydrogens is 344 g/mol. The first-order valence-corrected chi connectivity index (χ1v) is 7.98. The molecule has 6 heteroatoms. The summed E-state index contributed by atoms with van der Waals surface area (Å²) in [4.78, 5) is 23.7. The molecular formula is C19H19ClO5. The molecule has 0 aromatic heterocycles. The summed E-state index contributed by atoms with van der Waals surface area (Å²) in [6.07, 6.45) is 0.0262. The third-order valence-corrected chi connectivity index (χ3v) is 3.89. The van der Waals surface area contributed by atoms with Crippen LogP contribution in [0.15, 0.2) is 36.4 Å². The van der Waals surface area contributed by atoms with Gasteiger partial charge in [0, 0.05) is 21.7 Å². The van der Waals surface area contributed by atoms with Gasteiger partial charge in [0.1, 0.15) is 18.1 Å². The maximum Gasteiger partial charge on any atom is 0.310 e. The highest BCUT2D eigenvalue weighted by atomic mass is 35.5. The van der Waals surface area contributed by atoms with Crippen LogP contribution in [0.2, 0.25) is 5.02 Å². The van der Waals surface area contributed by atoms with Crippen LogP contribution in [0.25, 0.3) is 0 Å². The number of rotatable bonds is 7. The van der Waals surface area contributed by atoms with E-state index in [9.17, 15) is 9.59 Å². The van der Waals surface area contributed by atoms with Gasteiger partial charge in [-0.2, -0.15) is 0 Å². The maximum absolute atomic E-state index is 12.2. The number of esters is 1. The molecule has 0 unspecified atom stereocenters. The summed E-state index contributed by atoms with van der Waals surface area (Å²) < 4.78 is 15.8. The van der Waals surface area contributed by atoms with Gasteiger partial charge in [-0.15, -0.1) is 0 Å². The van der Waals surface area contributed by atoms with Gasteiger partial charge in [-0.3, -0.25) is 9.59 Å². The fourth-order valence-corrected chi connectivity index (χ4v) is 2.56. The van der Waals surface area contributed by atoms with Crippen molar-refractivity contribution in [3.8, 4) is 11.5 Å². The van der Waals surface area contributed by atoms with Gasteiger partial charge < -0.3 is 14.2 Å². The van der Waals surface area contributed by atoms with Gasteiger partial charge in [-0.25, -0.2) is 0 Å². The zero-order valence-electron chi connectivity index (χ0n) is 14.3. The second kappa shape index (κ2) is 8.53. The summed E-state index contributed by atoms with van der Waals surface area (Å²) in [6.45, 7) is 1.48. The average Bonchev–Trinajstić information content (AvgIpc) is 2.59. The summed E-state index contributed by atoms with van der Waals surface area (Å²) in [5.41, 5.74) is 1.80. The summed E-state index contributed by atoms with van der Waals surface area (Å²) in [6, 6.07) is 10.1. The van der Waals surface area contributed by atoms with E-state index in [4.69, 9.17) is 25.8 Å². The number of carbonyl (C=O) groups is 2. The molecule has 0 N–H and O–H groups in total. The maximum atomic E-state index is 12.2. The quantitative estimate of drug-likeness (QED) is 0.553. The minimum Gasteiger partial charge on any atom is -0.496 e. The summed E-state index contributed by atoms with van der Waals surface area (Å²) in [5.74, 6) is 0.616. The van der Waals surface area contributed by atoms with Gasteiger partial charge in [0.15, 0.2) is 5.78 Å². The lowest BCUT2D eigenvalue weighted by molar-refractivity contribution is -0.144. The average molecular weight is 363 g/mol. The van der Waals surface area contributed by atoms with Gasteiger partial charge in [-0.05, 0) is 43.3 Å². The van der Waals surface area contributed by atoms with Crippen LogP contribution >= 0.6 is 11.6 Å². The fourth-order valence-electron chi connectivity index (χ4n) is 2.36. The highest BCUT2D eigenvalue weighted by Crippen LogP contribution is 2.24. The molecule has 0 heterocycles. The fraction of sp³-hybridized carbons (Fsp3) is 0.263. The van der Waals surface area contributed by atoms with Crippen LogP contribution in [0, 0.1) is 0 Å². The number of methoxy groups -OCH3 is 2. The molecule has 2 aromatic carbocycles. The highest BCUT2D eigenvalue weighted by molar-refractivity contribution is 6.30. The molecule has 0 saturated heterocycles. The van der Waals surface area contributed by atoms with Crippen molar-refractivity contribution in [3.63, 3.8) is 0 Å². The number of halogens is 1. The molecule has 0 amide bonds. The van der Waals surface area contributed by atoms with Crippen molar-refractivity contribution in [2.24, 2.45) is 0 Å². The van der Waals surface area contributed by atoms with Crippen molar-refractivity contribution in [1.29, 1.82) is 0 Å². The van der Waals surface area contributed by atoms with E-state index in [2.05, 4.69) is 0 Å². The third kappa shape index (κ3) is 4.97. The molecule has 0 saturated carbocycles. The summed E-state index contributed by atoms with van der Waals surface area (Å²) in [5, 5.41) is 0.513. The Hall–Kier alpha value is -2.53. The van der Waals surface area contributed by atoms with Gasteiger partial charge in [0.2, 0.25) is 0 Å². The van der Waals surface area contributed by atoms with Crippen LogP contribution in [0.3, 0.4) is 0 Å². The van der Waals surface area contributed by atoms with Crippen molar-refractivity contribution in [1.82, 2.24) is 0 Å². The number of Topliss-reactive ketones (excluding diaryl/α,β-unsaturated/α-hetero) is 1. The van der Waals surface area contributed by atoms with E-state index in [-0.39, 0.29) is 18.8 Å². The zero-order chi connectivity index (χ0) is 18.4. The van der Waals surface area contributed by atoms with Crippen molar-refractivity contribution >= 4 is 23.4 Å². The molecule has 0 fully saturated rings. The van der Waals surface area contributed by atoms with Gasteiger partial charge >= 0.3 is 5.97 Å². The predicted molar refractivity (Wildman–Crippen MR) is 94.5 cm³/mol. The molecule has 0 aliphatic rings. The van der Waals surface area contributed by atoms with E-state index in [0.717, 1.165) is 0 Å². The van der Waals surface area contributed by atoms with E-state index in [1.807, 2.05) is 0 Å². The van der Waals surface area contributed by atoms with Crippen LogP contribution in [0.4, 0.5) is 0 Å². The molecule has 132 valence electrons. The standard InChI is InChI=1S/C19H19ClO5/c1-12(21)13-4-6-18(24-3)15(8-13)11-25-19(22)10-14-9-16(20)5-7-17(14)23-2/h4-9H,10-11H2,1-3H3. The molecule has 0 spiro atoms. The lowest BCUT2D eigenvalue weighted by Crippen LogP contribution is -2.10. The Balaban J connectivity index is 2.09. The molecule has 25 heavy (non-hydrogen) atoms. The number of ether oxygens (including phenoxy) is 3. The number of hydrogen-bond acceptors (Lipinski definition) is 5. The van der Waals surface area contributed by atoms with Gasteiger partial charge in [0.25, 0.3) is 0 Å². The second-order valence-electron chi connectivity index (χ2n) is 5.38. The molecule has 2 rings (SSSR count). The monoisotopic (exact) mass is 362 g/mol. The van der Waals surface area contributed by atoms with Crippen molar-refractivity contribution < 1.29 is 23.8 Å². The first kappa shape index (κ1) is 18.8. The largest absolute Gasteiger partial charge is 0.496 e. The van der Waals surface area contributed by atoms with Gasteiger partial charge in [0.05, 0.1) is 20.6 Å². The molecule has 0 atom stereocenters. The Morgan fingerprint density at radius 1 is 0.960 bits per heavy atom. The minimum atomic E-state index is -0.434. The Labute approximate surface area is 151 Å². The van der Waals surface area contributed by atoms with E-state index in [1.54, 1.807) is 36.4 Å². The lowest BCUT2D eigenvalue weighted by Gasteiger charge is -2.12. The first-order valence-electron chi connectivity index (χ1n) is 7.60. The SMILES string of the molecule is COc1ccc(C(C)=O)cc1COC(=O)Cc1cc(Cl)ccc1OC. The van der Waals surface area contributed by atoms with Crippen molar-refractivity contribution in [3.05, 3.63) is 58.1 Å². The van der Waals surface area contributed by atoms with Crippen LogP contribution in [0.5, 0.6) is 11.5 Å². The van der Waals surface area contributed by atoms with Gasteiger partial charge in [-0.1, -0.05) is 11.6 Å². The molecule has 0 aliphatic carbocycles. The van der Waals surface area contributed by atoms with E-state index in [0.29, 0.717) is 33.2 Å². The Bertz CT molecular complexity index is 785. The summed E-state index contributed by atoms with van der Waals surface area (Å²) in [7, 11) is 3.04. The summed E-state index contributed by atoms with van der Waals surface area (Å²) >= 11 is 5.96. The predicted octanol–water partition coefficient (Wildman–Crippen LogP) is 3.85.